The van der Waals surface area contributed by atoms with Gasteiger partial charge >= 0.3 is 0 Å². The highest BCUT2D eigenvalue weighted by Gasteiger charge is 2.36. The average molecular weight is 375 g/mol. The topological polar surface area (TPSA) is 17.8 Å². The molecule has 0 atom stereocenters. The largest absolute Gasteiger partial charge is 0.326 e. The Morgan fingerprint density at radius 3 is 1.85 bits per heavy atom. The van der Waals surface area contributed by atoms with Gasteiger partial charge in [-0.25, -0.2) is 4.98 Å². The second kappa shape index (κ2) is 7.32. The lowest BCUT2D eigenvalue weighted by atomic mass is 9.97. The first-order valence-corrected chi connectivity index (χ1v) is 10.4. The van der Waals surface area contributed by atoms with Crippen LogP contribution in [0.15, 0.2) is 104 Å². The zero-order valence-corrected chi connectivity index (χ0v) is 16.5. The summed E-state index contributed by atoms with van der Waals surface area (Å²) in [7, 11) is -0.821. The van der Waals surface area contributed by atoms with Crippen LogP contribution in [-0.4, -0.2) is 19.1 Å². The minimum atomic E-state index is -0.821. The Kier molecular flexibility index (Phi) is 4.74. The normalized spacial score (nSPS) is 11.9. The number of imidazole rings is 1. The highest BCUT2D eigenvalue weighted by atomic mass is 35.5. The number of halogens is 1. The molecule has 0 radical (unpaired) electrons. The van der Waals surface area contributed by atoms with Gasteiger partial charge in [-0.05, 0) is 23.3 Å². The van der Waals surface area contributed by atoms with Crippen LogP contribution >= 0.6 is 11.6 Å². The van der Waals surface area contributed by atoms with Gasteiger partial charge in [-0.1, -0.05) is 89.6 Å². The molecule has 0 saturated carbocycles. The maximum atomic E-state index is 6.12. The van der Waals surface area contributed by atoms with Gasteiger partial charge in [0.05, 0.1) is 21.0 Å². The lowest BCUT2D eigenvalue weighted by molar-refractivity contribution is 0.596. The van der Waals surface area contributed by atoms with E-state index in [0.717, 1.165) is 5.02 Å². The molecule has 26 heavy (non-hydrogen) atoms. The maximum Gasteiger partial charge on any atom is 0.0965 e. The lowest BCUT2D eigenvalue weighted by Crippen LogP contribution is -2.46. The van der Waals surface area contributed by atoms with Crippen molar-refractivity contribution in [3.63, 3.8) is 0 Å². The zero-order valence-electron chi connectivity index (χ0n) is 14.3. The number of hydrogen-bond donors (Lipinski definition) is 0. The van der Waals surface area contributed by atoms with Crippen LogP contribution in [0, 0.1) is 0 Å². The molecule has 0 bridgehead atoms. The smallest absolute Gasteiger partial charge is 0.0965 e. The van der Waals surface area contributed by atoms with E-state index in [4.69, 9.17) is 11.6 Å². The van der Waals surface area contributed by atoms with Crippen molar-refractivity contribution in [1.82, 2.24) is 9.55 Å². The third kappa shape index (κ3) is 3.12. The number of hydrogen-bond acceptors (Lipinski definition) is 1. The Hall–Kier alpha value is -2.62. The Morgan fingerprint density at radius 1 is 0.769 bits per heavy atom. The van der Waals surface area contributed by atoms with Crippen molar-refractivity contribution in [1.29, 1.82) is 0 Å². The Bertz CT molecular complexity index is 913. The molecule has 0 N–H and O–H groups in total. The van der Waals surface area contributed by atoms with E-state index in [1.54, 1.807) is 0 Å². The molecule has 0 aliphatic carbocycles. The van der Waals surface area contributed by atoms with Crippen molar-refractivity contribution < 1.29 is 0 Å². The second-order valence-corrected chi connectivity index (χ2v) is 9.00. The minimum Gasteiger partial charge on any atom is -0.326 e. The maximum absolute atomic E-state index is 6.12. The van der Waals surface area contributed by atoms with Gasteiger partial charge in [0, 0.05) is 17.4 Å². The van der Waals surface area contributed by atoms with E-state index in [1.165, 1.54) is 16.3 Å². The predicted octanol–water partition coefficient (Wildman–Crippen LogP) is 3.78. The highest BCUT2D eigenvalue weighted by molar-refractivity contribution is 6.57. The van der Waals surface area contributed by atoms with Crippen LogP contribution < -0.4 is 5.19 Å². The summed E-state index contributed by atoms with van der Waals surface area (Å²) in [5, 5.41) is 1.89. The third-order valence-electron chi connectivity index (χ3n) is 4.82. The van der Waals surface area contributed by atoms with Crippen molar-refractivity contribution in [2.75, 3.05) is 0 Å². The monoisotopic (exact) mass is 374 g/mol. The van der Waals surface area contributed by atoms with Crippen LogP contribution in [-0.2, 0) is 5.16 Å². The standard InChI is InChI=1S/C22H19ClN2Si/c23-20-11-13-21(14-12-20)26-22(25-16-15-24-17-25,18-7-3-1-4-8-18)19-9-5-2-6-10-19/h1-17H,26H2. The minimum absolute atomic E-state index is 0.243. The summed E-state index contributed by atoms with van der Waals surface area (Å²) in [4.78, 5) is 4.36. The van der Waals surface area contributed by atoms with Gasteiger partial charge in [0.2, 0.25) is 0 Å². The van der Waals surface area contributed by atoms with Crippen LogP contribution in [0.3, 0.4) is 0 Å². The van der Waals surface area contributed by atoms with Gasteiger partial charge in [0.25, 0.3) is 0 Å². The summed E-state index contributed by atoms with van der Waals surface area (Å²) in [6, 6.07) is 29.7. The van der Waals surface area contributed by atoms with E-state index < -0.39 is 9.52 Å². The number of benzene rings is 3. The van der Waals surface area contributed by atoms with Gasteiger partial charge in [0.15, 0.2) is 0 Å². The zero-order chi connectivity index (χ0) is 17.8. The van der Waals surface area contributed by atoms with Gasteiger partial charge in [-0.3, -0.25) is 0 Å². The number of rotatable bonds is 5. The molecular weight excluding hydrogens is 356 g/mol. The quantitative estimate of drug-likeness (QED) is 0.486. The van der Waals surface area contributed by atoms with Crippen LogP contribution in [0.1, 0.15) is 11.1 Å². The van der Waals surface area contributed by atoms with Crippen LogP contribution in [0.2, 0.25) is 5.02 Å². The summed E-state index contributed by atoms with van der Waals surface area (Å²) in [5.41, 5.74) is 2.57. The molecular formula is C22H19ClN2Si. The molecule has 3 aromatic carbocycles. The molecule has 4 rings (SSSR count). The molecule has 128 valence electrons. The molecule has 1 aromatic heterocycles. The molecule has 0 aliphatic heterocycles. The third-order valence-corrected chi connectivity index (χ3v) is 7.65. The second-order valence-electron chi connectivity index (χ2n) is 6.37. The van der Waals surface area contributed by atoms with E-state index in [0.29, 0.717) is 0 Å². The molecule has 4 heteroatoms. The van der Waals surface area contributed by atoms with E-state index in [-0.39, 0.29) is 5.16 Å². The van der Waals surface area contributed by atoms with E-state index in [2.05, 4.69) is 88.5 Å². The van der Waals surface area contributed by atoms with Crippen molar-refractivity contribution in [3.8, 4) is 0 Å². The molecule has 0 amide bonds. The molecule has 0 unspecified atom stereocenters. The Morgan fingerprint density at radius 2 is 1.35 bits per heavy atom. The lowest BCUT2D eigenvalue weighted by Gasteiger charge is -2.37. The summed E-state index contributed by atoms with van der Waals surface area (Å²) in [5.74, 6) is 0. The van der Waals surface area contributed by atoms with Gasteiger partial charge < -0.3 is 4.57 Å². The van der Waals surface area contributed by atoms with Crippen LogP contribution in [0.5, 0.6) is 0 Å². The summed E-state index contributed by atoms with van der Waals surface area (Å²) >= 11 is 6.12. The summed E-state index contributed by atoms with van der Waals surface area (Å²) < 4.78 is 2.26. The Balaban J connectivity index is 1.96. The van der Waals surface area contributed by atoms with Crippen molar-refractivity contribution in [2.24, 2.45) is 0 Å². The average Bonchev–Trinajstić information content (AvgIpc) is 3.24. The molecule has 0 saturated heterocycles. The summed E-state index contributed by atoms with van der Waals surface area (Å²) in [6.07, 6.45) is 5.86. The molecule has 1 heterocycles. The molecule has 4 aromatic rings. The first-order valence-electron chi connectivity index (χ1n) is 8.63. The number of nitrogens with zero attached hydrogens (tertiary/aromatic N) is 2. The molecule has 2 nitrogen and oxygen atoms in total. The fourth-order valence-corrected chi connectivity index (χ4v) is 6.01. The van der Waals surface area contributed by atoms with Gasteiger partial charge in [-0.2, -0.15) is 0 Å². The van der Waals surface area contributed by atoms with Gasteiger partial charge in [0.1, 0.15) is 0 Å². The SMILES string of the molecule is Clc1ccc([SiH2]C(c2ccccc2)(c2ccccc2)n2ccnc2)cc1. The molecule has 0 spiro atoms. The predicted molar refractivity (Wildman–Crippen MR) is 111 cm³/mol. The molecule has 0 aliphatic rings. The van der Waals surface area contributed by atoms with Crippen molar-refractivity contribution >= 4 is 26.3 Å². The first-order chi connectivity index (χ1) is 12.8. The van der Waals surface area contributed by atoms with Crippen LogP contribution in [0.4, 0.5) is 0 Å². The fourth-order valence-electron chi connectivity index (χ4n) is 3.57. The van der Waals surface area contributed by atoms with E-state index >= 15 is 0 Å². The van der Waals surface area contributed by atoms with Crippen LogP contribution in [0.25, 0.3) is 0 Å². The van der Waals surface area contributed by atoms with E-state index in [9.17, 15) is 0 Å². The van der Waals surface area contributed by atoms with Crippen molar-refractivity contribution in [3.05, 3.63) is 120 Å². The highest BCUT2D eigenvalue weighted by Crippen LogP contribution is 2.33. The number of aromatic nitrogens is 2. The Labute approximate surface area is 160 Å². The summed E-state index contributed by atoms with van der Waals surface area (Å²) in [6.45, 7) is 0. The van der Waals surface area contributed by atoms with Gasteiger partial charge in [-0.15, -0.1) is 0 Å². The first kappa shape index (κ1) is 16.8. The van der Waals surface area contributed by atoms with E-state index in [1.807, 2.05) is 24.7 Å². The molecule has 0 fully saturated rings. The van der Waals surface area contributed by atoms with Crippen molar-refractivity contribution in [2.45, 2.75) is 5.16 Å². The fraction of sp³-hybridized carbons (Fsp3) is 0.0455.